The second-order valence-corrected chi connectivity index (χ2v) is 6.98. The van der Waals surface area contributed by atoms with Crippen molar-refractivity contribution in [2.24, 2.45) is 0 Å². The second-order valence-electron chi connectivity index (χ2n) is 6.98. The number of carbonyl (C=O) groups is 3. The number of aromatic nitrogens is 1. The number of H-pyrrole nitrogens is 1. The van der Waals surface area contributed by atoms with Crippen molar-refractivity contribution in [2.75, 3.05) is 26.3 Å². The summed E-state index contributed by atoms with van der Waals surface area (Å²) < 4.78 is 18.0. The van der Waals surface area contributed by atoms with Gasteiger partial charge in [0.25, 0.3) is 17.7 Å². The quantitative estimate of drug-likeness (QED) is 0.817. The Kier molecular flexibility index (Phi) is 4.95. The topological polar surface area (TPSA) is 82.7 Å². The van der Waals surface area contributed by atoms with Gasteiger partial charge in [-0.1, -0.05) is 12.1 Å². The summed E-state index contributed by atoms with van der Waals surface area (Å²) in [4.78, 5) is 42.7. The van der Waals surface area contributed by atoms with Crippen molar-refractivity contribution in [1.29, 1.82) is 0 Å². The molecule has 0 saturated carbocycles. The van der Waals surface area contributed by atoms with E-state index in [1.807, 2.05) is 0 Å². The number of nitrogens with zero attached hydrogens (tertiary/aromatic N) is 2. The van der Waals surface area contributed by atoms with E-state index >= 15 is 0 Å². The Morgan fingerprint density at radius 3 is 2.32 bits per heavy atom. The zero-order chi connectivity index (χ0) is 19.7. The maximum Gasteiger partial charge on any atom is 0.270 e. The Bertz CT molecular complexity index is 884. The van der Waals surface area contributed by atoms with Crippen LogP contribution in [0.15, 0.2) is 36.5 Å². The van der Waals surface area contributed by atoms with Gasteiger partial charge in [0.2, 0.25) is 0 Å². The van der Waals surface area contributed by atoms with Gasteiger partial charge in [-0.15, -0.1) is 0 Å². The first-order valence-corrected chi connectivity index (χ1v) is 9.19. The normalized spacial score (nSPS) is 18.6. The van der Waals surface area contributed by atoms with Crippen LogP contribution < -0.4 is 0 Å². The molecule has 1 aromatic carbocycles. The fourth-order valence-corrected chi connectivity index (χ4v) is 3.74. The first kappa shape index (κ1) is 18.4. The van der Waals surface area contributed by atoms with Crippen molar-refractivity contribution in [3.05, 3.63) is 48.0 Å². The molecule has 1 aromatic heterocycles. The maximum atomic E-state index is 13.1. The Hall–Kier alpha value is -3.00. The second kappa shape index (κ2) is 7.55. The number of morpholine rings is 1. The summed E-state index contributed by atoms with van der Waals surface area (Å²) in [6.07, 6.45) is 2.82. The lowest BCUT2D eigenvalue weighted by Gasteiger charge is -2.38. The van der Waals surface area contributed by atoms with Crippen molar-refractivity contribution in [3.63, 3.8) is 0 Å². The predicted octanol–water partition coefficient (Wildman–Crippen LogP) is 1.81. The molecule has 1 N–H and O–H groups in total. The van der Waals surface area contributed by atoms with Crippen molar-refractivity contribution in [2.45, 2.75) is 18.9 Å². The number of halogens is 1. The zero-order valence-corrected chi connectivity index (χ0v) is 15.2. The van der Waals surface area contributed by atoms with Gasteiger partial charge in [-0.05, 0) is 42.2 Å². The largest absolute Gasteiger partial charge is 0.362 e. The number of carbonyl (C=O) groups excluding carboxylic acids is 3. The van der Waals surface area contributed by atoms with Crippen LogP contribution in [-0.2, 0) is 14.3 Å². The highest BCUT2D eigenvalue weighted by Gasteiger charge is 2.36. The third kappa shape index (κ3) is 3.55. The molecule has 7 nitrogen and oxygen atoms in total. The van der Waals surface area contributed by atoms with Gasteiger partial charge in [-0.2, -0.15) is 0 Å². The van der Waals surface area contributed by atoms with E-state index < -0.39 is 0 Å². The summed E-state index contributed by atoms with van der Waals surface area (Å²) in [7, 11) is 0. The number of piperidine rings is 1. The molecule has 4 rings (SSSR count). The molecule has 0 bridgehead atoms. The van der Waals surface area contributed by atoms with Crippen LogP contribution in [0.3, 0.4) is 0 Å². The molecular formula is C20H20FN3O4. The third-order valence-electron chi connectivity index (χ3n) is 5.20. The zero-order valence-electron chi connectivity index (χ0n) is 15.2. The number of hydrogen-bond donors (Lipinski definition) is 1. The van der Waals surface area contributed by atoms with Crippen LogP contribution in [0.5, 0.6) is 0 Å². The number of rotatable bonds is 3. The van der Waals surface area contributed by atoms with E-state index in [4.69, 9.17) is 4.74 Å². The minimum absolute atomic E-state index is 0.0699. The van der Waals surface area contributed by atoms with Crippen molar-refractivity contribution < 1.29 is 23.5 Å². The number of hydrogen-bond acceptors (Lipinski definition) is 4. The molecule has 2 fully saturated rings. The number of nitrogens with one attached hydrogen (secondary N) is 1. The van der Waals surface area contributed by atoms with E-state index in [0.717, 1.165) is 11.1 Å². The standard InChI is InChI=1S/C20H20FN3O4/c21-15-3-1-13(2-4-15)14-9-17(22-10-14)20(27)23-7-5-16(6-8-23)24-18(25)11-28-12-19(24)26/h1-4,9-10,16,22H,5-8,11-12H2. The Morgan fingerprint density at radius 2 is 1.68 bits per heavy atom. The molecule has 146 valence electrons. The lowest BCUT2D eigenvalue weighted by Crippen LogP contribution is -2.55. The van der Waals surface area contributed by atoms with Crippen LogP contribution in [0.25, 0.3) is 11.1 Å². The van der Waals surface area contributed by atoms with Crippen LogP contribution >= 0.6 is 0 Å². The molecule has 3 heterocycles. The monoisotopic (exact) mass is 385 g/mol. The summed E-state index contributed by atoms with van der Waals surface area (Å²) in [5, 5.41) is 0. The van der Waals surface area contributed by atoms with Gasteiger partial charge >= 0.3 is 0 Å². The molecule has 2 aliphatic heterocycles. The molecule has 0 atom stereocenters. The molecule has 0 unspecified atom stereocenters. The highest BCUT2D eigenvalue weighted by Crippen LogP contribution is 2.23. The van der Waals surface area contributed by atoms with E-state index in [2.05, 4.69) is 4.98 Å². The number of aromatic amines is 1. The number of imide groups is 1. The molecule has 2 saturated heterocycles. The SMILES string of the molecule is O=C(c1cc(-c2ccc(F)cc2)c[nH]1)N1CCC(N2C(=O)COCC2=O)CC1. The van der Waals surface area contributed by atoms with Crippen LogP contribution in [0.4, 0.5) is 4.39 Å². The highest BCUT2D eigenvalue weighted by molar-refractivity contribution is 5.98. The number of benzene rings is 1. The summed E-state index contributed by atoms with van der Waals surface area (Å²) in [6.45, 7) is 0.789. The molecule has 2 aromatic rings. The molecule has 2 aliphatic rings. The molecule has 28 heavy (non-hydrogen) atoms. The summed E-state index contributed by atoms with van der Waals surface area (Å²) in [5.41, 5.74) is 2.08. The fraction of sp³-hybridized carbons (Fsp3) is 0.350. The summed E-state index contributed by atoms with van der Waals surface area (Å²) >= 11 is 0. The van der Waals surface area contributed by atoms with E-state index in [1.54, 1.807) is 29.3 Å². The summed E-state index contributed by atoms with van der Waals surface area (Å²) in [6, 6.07) is 7.64. The highest BCUT2D eigenvalue weighted by atomic mass is 19.1. The van der Waals surface area contributed by atoms with Gasteiger partial charge in [0, 0.05) is 25.3 Å². The van der Waals surface area contributed by atoms with Crippen molar-refractivity contribution in [3.8, 4) is 11.1 Å². The average molecular weight is 385 g/mol. The van der Waals surface area contributed by atoms with Crippen LogP contribution in [0, 0.1) is 5.82 Å². The fourth-order valence-electron chi connectivity index (χ4n) is 3.74. The number of ether oxygens (including phenoxy) is 1. The summed E-state index contributed by atoms with van der Waals surface area (Å²) in [5.74, 6) is -1.06. The molecule has 0 spiro atoms. The Morgan fingerprint density at radius 1 is 1.04 bits per heavy atom. The van der Waals surface area contributed by atoms with Gasteiger partial charge in [0.05, 0.1) is 0 Å². The van der Waals surface area contributed by atoms with E-state index in [9.17, 15) is 18.8 Å². The van der Waals surface area contributed by atoms with Gasteiger partial charge in [0.1, 0.15) is 24.7 Å². The Labute approximate surface area is 161 Å². The smallest absolute Gasteiger partial charge is 0.270 e. The minimum Gasteiger partial charge on any atom is -0.362 e. The van der Waals surface area contributed by atoms with Gasteiger partial charge in [-0.3, -0.25) is 19.3 Å². The van der Waals surface area contributed by atoms with Crippen LogP contribution in [0.1, 0.15) is 23.3 Å². The average Bonchev–Trinajstić information content (AvgIpc) is 3.18. The van der Waals surface area contributed by atoms with Crippen molar-refractivity contribution >= 4 is 17.7 Å². The van der Waals surface area contributed by atoms with E-state index in [0.29, 0.717) is 31.6 Å². The number of likely N-dealkylation sites (tertiary alicyclic amines) is 1. The number of amides is 3. The van der Waals surface area contributed by atoms with Gasteiger partial charge in [-0.25, -0.2) is 4.39 Å². The van der Waals surface area contributed by atoms with Gasteiger partial charge in [0.15, 0.2) is 0 Å². The first-order chi connectivity index (χ1) is 13.5. The van der Waals surface area contributed by atoms with E-state index in [1.165, 1.54) is 17.0 Å². The maximum absolute atomic E-state index is 13.1. The van der Waals surface area contributed by atoms with Crippen LogP contribution in [-0.4, -0.2) is 64.9 Å². The van der Waals surface area contributed by atoms with Crippen molar-refractivity contribution in [1.82, 2.24) is 14.8 Å². The van der Waals surface area contributed by atoms with E-state index in [-0.39, 0.29) is 42.8 Å². The minimum atomic E-state index is -0.311. The van der Waals surface area contributed by atoms with Gasteiger partial charge < -0.3 is 14.6 Å². The predicted molar refractivity (Wildman–Crippen MR) is 97.8 cm³/mol. The molecular weight excluding hydrogens is 365 g/mol. The molecule has 3 amide bonds. The molecule has 8 heteroatoms. The lowest BCUT2D eigenvalue weighted by atomic mass is 10.0. The lowest BCUT2D eigenvalue weighted by molar-refractivity contribution is -0.162. The first-order valence-electron chi connectivity index (χ1n) is 9.19. The molecule has 0 radical (unpaired) electrons. The Balaban J connectivity index is 1.40. The molecule has 0 aliphatic carbocycles. The third-order valence-corrected chi connectivity index (χ3v) is 5.20. The van der Waals surface area contributed by atoms with Crippen LogP contribution in [0.2, 0.25) is 0 Å².